The minimum absolute atomic E-state index is 0.0184. The van der Waals surface area contributed by atoms with Crippen LogP contribution in [0.1, 0.15) is 35.6 Å². The van der Waals surface area contributed by atoms with Gasteiger partial charge in [-0.3, -0.25) is 14.2 Å². The highest BCUT2D eigenvalue weighted by molar-refractivity contribution is 8.00. The van der Waals surface area contributed by atoms with Crippen molar-refractivity contribution in [3.05, 3.63) is 68.6 Å². The number of rotatable bonds is 6. The van der Waals surface area contributed by atoms with Gasteiger partial charge in [-0.2, -0.15) is 0 Å². The van der Waals surface area contributed by atoms with E-state index in [0.29, 0.717) is 28.7 Å². The molecule has 2 aromatic carbocycles. The van der Waals surface area contributed by atoms with Crippen LogP contribution in [0.15, 0.2) is 58.4 Å². The summed E-state index contributed by atoms with van der Waals surface area (Å²) in [5, 5.41) is 4.41. The van der Waals surface area contributed by atoms with Crippen LogP contribution < -0.4 is 19.7 Å². The molecular weight excluding hydrogens is 480 g/mol. The molecule has 2 fully saturated rings. The molecule has 1 aromatic heterocycles. The predicted octanol–water partition coefficient (Wildman–Crippen LogP) is 5.22. The molecule has 2 heterocycles. The number of hydrogen-bond donors (Lipinski definition) is 1. The number of carbonyl (C=O) groups excluding carboxylic acids is 1. The molecule has 0 saturated heterocycles. The summed E-state index contributed by atoms with van der Waals surface area (Å²) >= 11 is 3.17. The number of aromatic nitrogens is 1. The van der Waals surface area contributed by atoms with Gasteiger partial charge in [-0.05, 0) is 79.0 Å². The van der Waals surface area contributed by atoms with Crippen molar-refractivity contribution in [2.75, 3.05) is 19.5 Å². The molecule has 3 aromatic rings. The van der Waals surface area contributed by atoms with E-state index < -0.39 is 0 Å². The van der Waals surface area contributed by atoms with Crippen molar-refractivity contribution in [2.45, 2.75) is 42.0 Å². The van der Waals surface area contributed by atoms with Gasteiger partial charge >= 0.3 is 4.87 Å². The van der Waals surface area contributed by atoms with E-state index in [1.165, 1.54) is 36.2 Å². The highest BCUT2D eigenvalue weighted by Crippen LogP contribution is 2.64. The Morgan fingerprint density at radius 3 is 2.34 bits per heavy atom. The van der Waals surface area contributed by atoms with Crippen LogP contribution in [0.3, 0.4) is 0 Å². The van der Waals surface area contributed by atoms with E-state index in [1.54, 1.807) is 43.1 Å². The molecule has 3 aliphatic rings. The number of anilines is 1. The van der Waals surface area contributed by atoms with E-state index in [2.05, 4.69) is 17.4 Å². The molecule has 1 N–H and O–H groups in total. The Balaban J connectivity index is 1.33. The normalized spacial score (nSPS) is 26.2. The molecule has 2 bridgehead atoms. The van der Waals surface area contributed by atoms with Crippen LogP contribution in [0.25, 0.3) is 0 Å². The lowest BCUT2D eigenvalue weighted by Crippen LogP contribution is -2.34. The average Bonchev–Trinajstić information content (AvgIpc) is 3.58. The summed E-state index contributed by atoms with van der Waals surface area (Å²) in [7, 11) is 3.29. The second kappa shape index (κ2) is 9.06. The summed E-state index contributed by atoms with van der Waals surface area (Å²) in [6.07, 6.45) is 3.84. The minimum Gasteiger partial charge on any atom is -0.497 e. The summed E-state index contributed by atoms with van der Waals surface area (Å²) < 4.78 is 12.3. The molecule has 6 rings (SSSR count). The van der Waals surface area contributed by atoms with Gasteiger partial charge in [0, 0.05) is 21.7 Å². The number of amides is 1. The third-order valence-corrected chi connectivity index (χ3v) is 10.7. The highest BCUT2D eigenvalue weighted by atomic mass is 32.2. The van der Waals surface area contributed by atoms with Crippen molar-refractivity contribution >= 4 is 34.7 Å². The number of fused-ring (bicyclic) bond motifs is 6. The quantitative estimate of drug-likeness (QED) is 0.495. The Bertz CT molecular complexity index is 1300. The standard InChI is InChI=1S/C27H28N2O4S2/c1-32-19-9-5-15(6-10-19)22-23-16-3-4-17(13-16)24(23)34-26-25(22)35-27(31)29(26)14-21(30)28-18-7-11-20(33-2)12-8-18/h5-12,16-17,22-24H,3-4,13-14H2,1-2H3,(H,28,30)/t16?,17?,22-,23?,24?/m1/s1. The average molecular weight is 509 g/mol. The van der Waals surface area contributed by atoms with Crippen molar-refractivity contribution in [3.63, 3.8) is 0 Å². The first-order chi connectivity index (χ1) is 17.1. The second-order valence-corrected chi connectivity index (χ2v) is 11.8. The zero-order chi connectivity index (χ0) is 24.1. The van der Waals surface area contributed by atoms with E-state index in [-0.39, 0.29) is 23.2 Å². The van der Waals surface area contributed by atoms with Gasteiger partial charge in [-0.15, -0.1) is 11.8 Å². The van der Waals surface area contributed by atoms with Crippen LogP contribution in [0.2, 0.25) is 0 Å². The van der Waals surface area contributed by atoms with Gasteiger partial charge in [0.15, 0.2) is 0 Å². The number of nitrogens with one attached hydrogen (secondary N) is 1. The van der Waals surface area contributed by atoms with Gasteiger partial charge in [0.05, 0.1) is 19.2 Å². The zero-order valence-corrected chi connectivity index (χ0v) is 21.4. The fraction of sp³-hybridized carbons (Fsp3) is 0.407. The lowest BCUT2D eigenvalue weighted by atomic mass is 9.75. The molecule has 1 aliphatic heterocycles. The largest absolute Gasteiger partial charge is 0.497 e. The van der Waals surface area contributed by atoms with Gasteiger partial charge in [0.25, 0.3) is 0 Å². The van der Waals surface area contributed by atoms with Crippen LogP contribution in [0, 0.1) is 17.8 Å². The first-order valence-electron chi connectivity index (χ1n) is 12.0. The van der Waals surface area contributed by atoms with Crippen LogP contribution in [-0.2, 0) is 11.3 Å². The Morgan fingerprint density at radius 2 is 1.66 bits per heavy atom. The van der Waals surface area contributed by atoms with E-state index in [4.69, 9.17) is 9.47 Å². The van der Waals surface area contributed by atoms with E-state index >= 15 is 0 Å². The number of carbonyl (C=O) groups is 1. The lowest BCUT2D eigenvalue weighted by Gasteiger charge is -2.40. The fourth-order valence-electron chi connectivity index (χ4n) is 6.29. The van der Waals surface area contributed by atoms with Gasteiger partial charge in [-0.1, -0.05) is 23.5 Å². The zero-order valence-electron chi connectivity index (χ0n) is 19.7. The predicted molar refractivity (Wildman–Crippen MR) is 139 cm³/mol. The van der Waals surface area contributed by atoms with E-state index in [9.17, 15) is 9.59 Å². The van der Waals surface area contributed by atoms with E-state index in [0.717, 1.165) is 21.4 Å². The maximum absolute atomic E-state index is 13.2. The second-order valence-electron chi connectivity index (χ2n) is 9.64. The van der Waals surface area contributed by atoms with Crippen molar-refractivity contribution in [1.82, 2.24) is 4.57 Å². The summed E-state index contributed by atoms with van der Waals surface area (Å²) in [5.74, 6) is 3.51. The first kappa shape index (κ1) is 22.7. The maximum Gasteiger partial charge on any atom is 0.308 e. The van der Waals surface area contributed by atoms with E-state index in [1.807, 2.05) is 23.9 Å². The van der Waals surface area contributed by atoms with Crippen LogP contribution in [0.5, 0.6) is 11.5 Å². The van der Waals surface area contributed by atoms with Crippen LogP contribution >= 0.6 is 23.1 Å². The SMILES string of the molecule is COc1ccc(NC(=O)Cn2c3c(sc2=O)[C@H](c2ccc(OC)cc2)C2C4CCC(C4)C2S3)cc1. The van der Waals surface area contributed by atoms with Crippen LogP contribution in [0.4, 0.5) is 5.69 Å². The minimum atomic E-state index is -0.200. The third-order valence-electron chi connectivity index (χ3n) is 7.84. The molecule has 35 heavy (non-hydrogen) atoms. The smallest absolute Gasteiger partial charge is 0.308 e. The molecule has 2 saturated carbocycles. The molecular formula is C27H28N2O4S2. The van der Waals surface area contributed by atoms with Gasteiger partial charge in [0.1, 0.15) is 18.0 Å². The van der Waals surface area contributed by atoms with Crippen molar-refractivity contribution < 1.29 is 14.3 Å². The summed E-state index contributed by atoms with van der Waals surface area (Å²) in [5.41, 5.74) is 1.93. The number of methoxy groups -OCH3 is 2. The van der Waals surface area contributed by atoms with Crippen molar-refractivity contribution in [1.29, 1.82) is 0 Å². The van der Waals surface area contributed by atoms with Crippen LogP contribution in [-0.4, -0.2) is 29.9 Å². The summed E-state index contributed by atoms with van der Waals surface area (Å²) in [6.45, 7) is 0.0184. The molecule has 6 nitrogen and oxygen atoms in total. The monoisotopic (exact) mass is 508 g/mol. The summed E-state index contributed by atoms with van der Waals surface area (Å²) in [6, 6.07) is 15.5. The Kier molecular flexibility index (Phi) is 5.89. The molecule has 0 radical (unpaired) electrons. The van der Waals surface area contributed by atoms with Gasteiger partial charge in [-0.25, -0.2) is 0 Å². The Morgan fingerprint density at radius 1 is 1.00 bits per heavy atom. The molecule has 5 atom stereocenters. The first-order valence-corrected chi connectivity index (χ1v) is 13.7. The Labute approximate surface area is 212 Å². The molecule has 2 aliphatic carbocycles. The molecule has 182 valence electrons. The summed E-state index contributed by atoms with van der Waals surface area (Å²) in [4.78, 5) is 27.2. The number of nitrogens with zero attached hydrogens (tertiary/aromatic N) is 1. The van der Waals surface area contributed by atoms with Crippen molar-refractivity contribution in [3.8, 4) is 11.5 Å². The fourth-order valence-corrected chi connectivity index (χ4v) is 9.44. The third kappa shape index (κ3) is 3.96. The molecule has 4 unspecified atom stereocenters. The number of hydrogen-bond acceptors (Lipinski definition) is 6. The highest BCUT2D eigenvalue weighted by Gasteiger charge is 2.55. The number of ether oxygens (including phenoxy) is 2. The van der Waals surface area contributed by atoms with Crippen molar-refractivity contribution in [2.24, 2.45) is 17.8 Å². The molecule has 1 amide bonds. The number of benzene rings is 2. The Hall–Kier alpha value is -2.71. The maximum atomic E-state index is 13.2. The molecule has 0 spiro atoms. The lowest BCUT2D eigenvalue weighted by molar-refractivity contribution is -0.116. The number of thioether (sulfide) groups is 1. The number of thiazole rings is 1. The van der Waals surface area contributed by atoms with Gasteiger partial charge < -0.3 is 14.8 Å². The topological polar surface area (TPSA) is 69.6 Å². The van der Waals surface area contributed by atoms with Gasteiger partial charge in [0.2, 0.25) is 5.91 Å². The molecule has 8 heteroatoms.